The van der Waals surface area contributed by atoms with E-state index in [9.17, 15) is 18.0 Å². The smallest absolute Gasteiger partial charge is 0.437 e. The molecule has 0 spiro atoms. The van der Waals surface area contributed by atoms with Gasteiger partial charge >= 0.3 is 12.1 Å². The highest BCUT2D eigenvalue weighted by Gasteiger charge is 2.37. The number of aliphatic carboxylic acids is 1. The molecule has 0 bridgehead atoms. The Balaban J connectivity index is 1.90. The summed E-state index contributed by atoms with van der Waals surface area (Å²) in [5.74, 6) is -1.28. The molecule has 24 heavy (non-hydrogen) atoms. The zero-order valence-electron chi connectivity index (χ0n) is 13.0. The molecule has 0 saturated carbocycles. The van der Waals surface area contributed by atoms with Gasteiger partial charge in [0.2, 0.25) is 0 Å². The van der Waals surface area contributed by atoms with Crippen LogP contribution in [-0.4, -0.2) is 54.1 Å². The van der Waals surface area contributed by atoms with E-state index >= 15 is 0 Å². The van der Waals surface area contributed by atoms with Gasteiger partial charge in [0.05, 0.1) is 5.92 Å². The number of nitrogens with zero attached hydrogens (tertiary/aromatic N) is 2. The SMILES string of the molecule is O=C(O)[C@@H]1CCCN(CCON=C(c2ccccc2)C(F)(F)F)C1. The van der Waals surface area contributed by atoms with Crippen LogP contribution >= 0.6 is 0 Å². The fourth-order valence-electron chi connectivity index (χ4n) is 2.60. The molecule has 0 aliphatic carbocycles. The number of piperidine rings is 1. The van der Waals surface area contributed by atoms with Crippen LogP contribution in [0.3, 0.4) is 0 Å². The van der Waals surface area contributed by atoms with Crippen molar-refractivity contribution in [3.05, 3.63) is 35.9 Å². The van der Waals surface area contributed by atoms with Crippen LogP contribution in [0.1, 0.15) is 18.4 Å². The molecule has 1 saturated heterocycles. The van der Waals surface area contributed by atoms with Gasteiger partial charge in [-0.3, -0.25) is 9.69 Å². The lowest BCUT2D eigenvalue weighted by Crippen LogP contribution is -2.40. The minimum absolute atomic E-state index is 0.0290. The van der Waals surface area contributed by atoms with Gasteiger partial charge in [-0.2, -0.15) is 13.2 Å². The van der Waals surface area contributed by atoms with E-state index in [2.05, 4.69) is 5.16 Å². The van der Waals surface area contributed by atoms with Gasteiger partial charge in [0.1, 0.15) is 6.61 Å². The number of oxime groups is 1. The summed E-state index contributed by atoms with van der Waals surface area (Å²) in [6, 6.07) is 7.25. The number of alkyl halides is 3. The fourth-order valence-corrected chi connectivity index (χ4v) is 2.60. The van der Waals surface area contributed by atoms with Gasteiger partial charge in [0.25, 0.3) is 0 Å². The third kappa shape index (κ3) is 5.23. The standard InChI is InChI=1S/C16H19F3N2O3/c17-16(18,19)14(12-5-2-1-3-6-12)20-24-10-9-21-8-4-7-13(11-21)15(22)23/h1-3,5-6,13H,4,7-11H2,(H,22,23)/t13-/m1/s1. The molecular weight excluding hydrogens is 325 g/mol. The Labute approximate surface area is 137 Å². The zero-order valence-corrected chi connectivity index (χ0v) is 13.0. The summed E-state index contributed by atoms with van der Waals surface area (Å²) in [6.45, 7) is 1.40. The van der Waals surface area contributed by atoms with E-state index < -0.39 is 23.8 Å². The molecule has 5 nitrogen and oxygen atoms in total. The highest BCUT2D eigenvalue weighted by Crippen LogP contribution is 2.23. The maximum absolute atomic E-state index is 13.0. The molecule has 1 aliphatic heterocycles. The van der Waals surface area contributed by atoms with E-state index in [0.29, 0.717) is 26.1 Å². The van der Waals surface area contributed by atoms with Gasteiger partial charge in [-0.1, -0.05) is 35.5 Å². The Morgan fingerprint density at radius 2 is 2.04 bits per heavy atom. The maximum atomic E-state index is 13.0. The average molecular weight is 344 g/mol. The molecule has 0 amide bonds. The van der Waals surface area contributed by atoms with E-state index in [4.69, 9.17) is 9.94 Å². The van der Waals surface area contributed by atoms with Gasteiger partial charge in [-0.15, -0.1) is 0 Å². The minimum Gasteiger partial charge on any atom is -0.481 e. The van der Waals surface area contributed by atoms with E-state index in [1.54, 1.807) is 6.07 Å². The summed E-state index contributed by atoms with van der Waals surface area (Å²) < 4.78 is 39.1. The number of hydrogen-bond acceptors (Lipinski definition) is 4. The number of hydrogen-bond donors (Lipinski definition) is 1. The summed E-state index contributed by atoms with van der Waals surface area (Å²) in [5, 5.41) is 12.3. The van der Waals surface area contributed by atoms with Crippen molar-refractivity contribution >= 4 is 11.7 Å². The first-order valence-electron chi connectivity index (χ1n) is 7.65. The number of carboxylic acid groups (broad SMARTS) is 1. The van der Waals surface area contributed by atoms with Crippen molar-refractivity contribution < 1.29 is 27.9 Å². The third-order valence-electron chi connectivity index (χ3n) is 3.83. The van der Waals surface area contributed by atoms with E-state index in [0.717, 1.165) is 6.42 Å². The Morgan fingerprint density at radius 1 is 1.33 bits per heavy atom. The maximum Gasteiger partial charge on any atom is 0.437 e. The second-order valence-electron chi connectivity index (χ2n) is 5.61. The molecule has 0 radical (unpaired) electrons. The van der Waals surface area contributed by atoms with Crippen molar-refractivity contribution in [2.75, 3.05) is 26.2 Å². The molecule has 0 unspecified atom stereocenters. The fraction of sp³-hybridized carbons (Fsp3) is 0.500. The number of likely N-dealkylation sites (tertiary alicyclic amines) is 1. The molecule has 1 aliphatic rings. The van der Waals surface area contributed by atoms with E-state index in [-0.39, 0.29) is 12.2 Å². The lowest BCUT2D eigenvalue weighted by molar-refractivity contribution is -0.143. The lowest BCUT2D eigenvalue weighted by Gasteiger charge is -2.29. The highest BCUT2D eigenvalue weighted by molar-refractivity contribution is 6.04. The van der Waals surface area contributed by atoms with Crippen LogP contribution in [0.15, 0.2) is 35.5 Å². The van der Waals surface area contributed by atoms with Crippen molar-refractivity contribution in [3.63, 3.8) is 0 Å². The van der Waals surface area contributed by atoms with Gasteiger partial charge in [0.15, 0.2) is 5.71 Å². The van der Waals surface area contributed by atoms with Crippen LogP contribution in [0.25, 0.3) is 0 Å². The predicted molar refractivity (Wildman–Crippen MR) is 81.8 cm³/mol. The van der Waals surface area contributed by atoms with Crippen LogP contribution in [-0.2, 0) is 9.63 Å². The van der Waals surface area contributed by atoms with Crippen LogP contribution in [0.2, 0.25) is 0 Å². The molecule has 0 aromatic heterocycles. The van der Waals surface area contributed by atoms with Crippen molar-refractivity contribution in [3.8, 4) is 0 Å². The molecule has 1 heterocycles. The van der Waals surface area contributed by atoms with Gasteiger partial charge < -0.3 is 9.94 Å². The van der Waals surface area contributed by atoms with Crippen LogP contribution in [0, 0.1) is 5.92 Å². The number of benzene rings is 1. The molecule has 1 atom stereocenters. The summed E-state index contributed by atoms with van der Waals surface area (Å²) in [5.41, 5.74) is -1.14. The van der Waals surface area contributed by atoms with Gasteiger partial charge in [-0.25, -0.2) is 0 Å². The summed E-state index contributed by atoms with van der Waals surface area (Å²) in [6.07, 6.45) is -3.24. The minimum atomic E-state index is -4.61. The number of carboxylic acids is 1. The lowest BCUT2D eigenvalue weighted by atomic mass is 9.98. The Bertz CT molecular complexity index is 576. The summed E-state index contributed by atoms with van der Waals surface area (Å²) in [7, 11) is 0. The third-order valence-corrected chi connectivity index (χ3v) is 3.83. The van der Waals surface area contributed by atoms with Crippen molar-refractivity contribution in [2.24, 2.45) is 11.1 Å². The molecule has 1 aromatic carbocycles. The first-order valence-corrected chi connectivity index (χ1v) is 7.65. The molecule has 132 valence electrons. The average Bonchev–Trinajstić information content (AvgIpc) is 2.54. The molecule has 1 aromatic rings. The quantitative estimate of drug-likeness (QED) is 0.490. The predicted octanol–water partition coefficient (Wildman–Crippen LogP) is 2.77. The topological polar surface area (TPSA) is 62.1 Å². The highest BCUT2D eigenvalue weighted by atomic mass is 19.4. The van der Waals surface area contributed by atoms with Crippen LogP contribution < -0.4 is 0 Å². The first kappa shape index (κ1) is 18.3. The van der Waals surface area contributed by atoms with Gasteiger partial charge in [-0.05, 0) is 19.4 Å². The molecule has 8 heteroatoms. The second-order valence-corrected chi connectivity index (χ2v) is 5.61. The van der Waals surface area contributed by atoms with E-state index in [1.807, 2.05) is 4.90 Å². The monoisotopic (exact) mass is 344 g/mol. The van der Waals surface area contributed by atoms with E-state index in [1.165, 1.54) is 24.3 Å². The molecule has 1 fully saturated rings. The Morgan fingerprint density at radius 3 is 2.67 bits per heavy atom. The van der Waals surface area contributed by atoms with Crippen LogP contribution in [0.4, 0.5) is 13.2 Å². The van der Waals surface area contributed by atoms with Crippen molar-refractivity contribution in [1.82, 2.24) is 4.90 Å². The number of rotatable bonds is 6. The summed E-state index contributed by atoms with van der Waals surface area (Å²) in [4.78, 5) is 17.7. The largest absolute Gasteiger partial charge is 0.481 e. The Hall–Kier alpha value is -2.09. The zero-order chi connectivity index (χ0) is 17.6. The molecular formula is C16H19F3N2O3. The molecule has 2 rings (SSSR count). The number of carbonyl (C=O) groups is 1. The molecule has 1 N–H and O–H groups in total. The van der Waals surface area contributed by atoms with Crippen molar-refractivity contribution in [2.45, 2.75) is 19.0 Å². The van der Waals surface area contributed by atoms with Crippen molar-refractivity contribution in [1.29, 1.82) is 0 Å². The number of halogens is 3. The Kier molecular flexibility index (Phi) is 6.19. The second kappa shape index (κ2) is 8.14. The normalized spacial score (nSPS) is 20.0. The van der Waals surface area contributed by atoms with Crippen LogP contribution in [0.5, 0.6) is 0 Å². The summed E-state index contributed by atoms with van der Waals surface area (Å²) >= 11 is 0. The first-order chi connectivity index (χ1) is 11.4. The van der Waals surface area contributed by atoms with Gasteiger partial charge in [0, 0.05) is 18.7 Å².